The van der Waals surface area contributed by atoms with Gasteiger partial charge in [0.15, 0.2) is 0 Å². The first kappa shape index (κ1) is 7.84. The van der Waals surface area contributed by atoms with Crippen molar-refractivity contribution >= 4 is 10.9 Å². The second-order valence-electron chi connectivity index (χ2n) is 2.68. The Bertz CT molecular complexity index is 473. The van der Waals surface area contributed by atoms with E-state index >= 15 is 0 Å². The highest BCUT2D eigenvalue weighted by molar-refractivity contribution is 5.79. The highest BCUT2D eigenvalue weighted by atomic mass is 15.1. The fraction of sp³-hybridized carbons (Fsp3) is 0.100. The van der Waals surface area contributed by atoms with Gasteiger partial charge in [-0.15, -0.1) is 0 Å². The topological polar surface area (TPSA) is 54.7 Å². The van der Waals surface area contributed by atoms with Crippen LogP contribution in [0.4, 0.5) is 0 Å². The molecule has 0 radical (unpaired) electrons. The molecular formula is C10H9N3. The summed E-state index contributed by atoms with van der Waals surface area (Å²) in [5, 5.41) is 7.88. The van der Waals surface area contributed by atoms with Crippen molar-refractivity contribution in [1.82, 2.24) is 10.2 Å². The number of nitrogens with one attached hydrogen (secondary N) is 1. The smallest absolute Gasteiger partial charge is 0.0651 e. The fourth-order valence-electron chi connectivity index (χ4n) is 1.17. The summed E-state index contributed by atoms with van der Waals surface area (Å²) in [5.74, 6) is 5.78. The lowest BCUT2D eigenvalue weighted by Gasteiger charge is -1.89. The number of nitrogens with zero attached hydrogens (tertiary/aromatic N) is 1. The van der Waals surface area contributed by atoms with Crippen LogP contribution in [0.25, 0.3) is 10.9 Å². The molecule has 3 N–H and O–H groups in total. The molecule has 3 heteroatoms. The normalized spacial score (nSPS) is 9.62. The Kier molecular flexibility index (Phi) is 1.99. The minimum atomic E-state index is 0.392. The third-order valence-corrected chi connectivity index (χ3v) is 1.77. The number of rotatable bonds is 0. The van der Waals surface area contributed by atoms with Gasteiger partial charge in [-0.1, -0.05) is 11.8 Å². The summed E-state index contributed by atoms with van der Waals surface area (Å²) in [6.45, 7) is 0.392. The third-order valence-electron chi connectivity index (χ3n) is 1.77. The Labute approximate surface area is 75.9 Å². The fourth-order valence-corrected chi connectivity index (χ4v) is 1.17. The molecule has 0 fully saturated rings. The van der Waals surface area contributed by atoms with Crippen LogP contribution in [-0.2, 0) is 0 Å². The minimum absolute atomic E-state index is 0.392. The van der Waals surface area contributed by atoms with E-state index in [1.54, 1.807) is 6.20 Å². The van der Waals surface area contributed by atoms with Gasteiger partial charge in [0, 0.05) is 10.9 Å². The van der Waals surface area contributed by atoms with E-state index in [1.165, 1.54) is 0 Å². The quantitative estimate of drug-likeness (QED) is 0.578. The molecule has 0 saturated carbocycles. The highest BCUT2D eigenvalue weighted by Gasteiger charge is 1.94. The molecule has 0 atom stereocenters. The van der Waals surface area contributed by atoms with Crippen LogP contribution in [0.1, 0.15) is 5.56 Å². The van der Waals surface area contributed by atoms with Crippen LogP contribution in [0.3, 0.4) is 0 Å². The average Bonchev–Trinajstić information content (AvgIpc) is 2.61. The number of aromatic amines is 1. The van der Waals surface area contributed by atoms with Crippen LogP contribution >= 0.6 is 0 Å². The molecule has 1 aromatic carbocycles. The summed E-state index contributed by atoms with van der Waals surface area (Å²) in [6, 6.07) is 5.90. The van der Waals surface area contributed by atoms with E-state index in [-0.39, 0.29) is 0 Å². The molecule has 0 spiro atoms. The van der Waals surface area contributed by atoms with Crippen LogP contribution in [0, 0.1) is 11.8 Å². The van der Waals surface area contributed by atoms with Crippen LogP contribution in [-0.4, -0.2) is 16.7 Å². The van der Waals surface area contributed by atoms with Crippen molar-refractivity contribution in [2.45, 2.75) is 0 Å². The lowest BCUT2D eigenvalue weighted by atomic mass is 10.2. The number of nitrogens with two attached hydrogens (primary N) is 1. The highest BCUT2D eigenvalue weighted by Crippen LogP contribution is 2.11. The van der Waals surface area contributed by atoms with Crippen LogP contribution in [0.15, 0.2) is 24.4 Å². The first-order valence-corrected chi connectivity index (χ1v) is 4.02. The third kappa shape index (κ3) is 1.53. The molecule has 64 valence electrons. The predicted octanol–water partition coefficient (Wildman–Crippen LogP) is 0.873. The largest absolute Gasteiger partial charge is 0.320 e. The zero-order valence-electron chi connectivity index (χ0n) is 7.04. The summed E-state index contributed by atoms with van der Waals surface area (Å²) in [4.78, 5) is 0. The van der Waals surface area contributed by atoms with Gasteiger partial charge in [-0.05, 0) is 18.2 Å². The number of fused-ring (bicyclic) bond motifs is 1. The van der Waals surface area contributed by atoms with Crippen molar-refractivity contribution in [1.29, 1.82) is 0 Å². The molecule has 0 bridgehead atoms. The van der Waals surface area contributed by atoms with E-state index < -0.39 is 0 Å². The molecule has 0 unspecified atom stereocenters. The zero-order chi connectivity index (χ0) is 9.10. The molecule has 0 amide bonds. The first-order chi connectivity index (χ1) is 6.40. The van der Waals surface area contributed by atoms with Crippen LogP contribution < -0.4 is 5.73 Å². The first-order valence-electron chi connectivity index (χ1n) is 4.02. The molecule has 0 aliphatic heterocycles. The van der Waals surface area contributed by atoms with Gasteiger partial charge < -0.3 is 5.73 Å². The van der Waals surface area contributed by atoms with Crippen molar-refractivity contribution < 1.29 is 0 Å². The lowest BCUT2D eigenvalue weighted by molar-refractivity contribution is 1.12. The average molecular weight is 171 g/mol. The number of hydrogen-bond donors (Lipinski definition) is 2. The maximum absolute atomic E-state index is 5.28. The molecule has 0 aliphatic rings. The van der Waals surface area contributed by atoms with E-state index in [0.29, 0.717) is 6.54 Å². The van der Waals surface area contributed by atoms with Gasteiger partial charge in [-0.3, -0.25) is 5.10 Å². The van der Waals surface area contributed by atoms with E-state index in [0.717, 1.165) is 16.5 Å². The Balaban J connectivity index is 2.48. The summed E-state index contributed by atoms with van der Waals surface area (Å²) in [5.41, 5.74) is 7.27. The molecule has 0 aliphatic carbocycles. The van der Waals surface area contributed by atoms with Gasteiger partial charge in [0.25, 0.3) is 0 Å². The van der Waals surface area contributed by atoms with E-state index in [4.69, 9.17) is 5.73 Å². The van der Waals surface area contributed by atoms with Crippen LogP contribution in [0.2, 0.25) is 0 Å². The Hall–Kier alpha value is -1.79. The number of benzene rings is 1. The van der Waals surface area contributed by atoms with Gasteiger partial charge in [-0.2, -0.15) is 5.10 Å². The summed E-state index contributed by atoms with van der Waals surface area (Å²) < 4.78 is 0. The van der Waals surface area contributed by atoms with Crippen molar-refractivity contribution in [2.24, 2.45) is 5.73 Å². The number of hydrogen-bond acceptors (Lipinski definition) is 2. The molecule has 2 aromatic rings. The monoisotopic (exact) mass is 171 g/mol. The van der Waals surface area contributed by atoms with E-state index in [1.807, 2.05) is 18.2 Å². The molecule has 13 heavy (non-hydrogen) atoms. The van der Waals surface area contributed by atoms with Crippen LogP contribution in [0.5, 0.6) is 0 Å². The number of H-pyrrole nitrogens is 1. The predicted molar refractivity (Wildman–Crippen MR) is 52.0 cm³/mol. The van der Waals surface area contributed by atoms with Gasteiger partial charge in [0.1, 0.15) is 0 Å². The molecule has 0 saturated heterocycles. The van der Waals surface area contributed by atoms with Gasteiger partial charge in [0.2, 0.25) is 0 Å². The Morgan fingerprint density at radius 2 is 2.38 bits per heavy atom. The van der Waals surface area contributed by atoms with Gasteiger partial charge in [-0.25, -0.2) is 0 Å². The minimum Gasteiger partial charge on any atom is -0.320 e. The zero-order valence-corrected chi connectivity index (χ0v) is 7.04. The van der Waals surface area contributed by atoms with Gasteiger partial charge >= 0.3 is 0 Å². The van der Waals surface area contributed by atoms with E-state index in [2.05, 4.69) is 22.0 Å². The van der Waals surface area contributed by atoms with Crippen molar-refractivity contribution in [3.05, 3.63) is 30.0 Å². The molecule has 3 nitrogen and oxygen atoms in total. The lowest BCUT2D eigenvalue weighted by Crippen LogP contribution is -1.92. The molecule has 1 aromatic heterocycles. The molecule has 1 heterocycles. The Morgan fingerprint density at radius 1 is 1.46 bits per heavy atom. The van der Waals surface area contributed by atoms with Crippen molar-refractivity contribution in [2.75, 3.05) is 6.54 Å². The molecular weight excluding hydrogens is 162 g/mol. The SMILES string of the molecule is NCC#Cc1ccc2[nH]ncc2c1. The second kappa shape index (κ2) is 3.30. The van der Waals surface area contributed by atoms with Crippen molar-refractivity contribution in [3.63, 3.8) is 0 Å². The molecule has 2 rings (SSSR count). The van der Waals surface area contributed by atoms with Crippen molar-refractivity contribution in [3.8, 4) is 11.8 Å². The summed E-state index contributed by atoms with van der Waals surface area (Å²) >= 11 is 0. The summed E-state index contributed by atoms with van der Waals surface area (Å²) in [6.07, 6.45) is 1.78. The summed E-state index contributed by atoms with van der Waals surface area (Å²) in [7, 11) is 0. The maximum Gasteiger partial charge on any atom is 0.0651 e. The Morgan fingerprint density at radius 3 is 3.23 bits per heavy atom. The standard InChI is InChI=1S/C10H9N3/c11-5-1-2-8-3-4-10-9(6-8)7-12-13-10/h3-4,6-7H,5,11H2,(H,12,13). The second-order valence-corrected chi connectivity index (χ2v) is 2.68. The number of aromatic nitrogens is 2. The maximum atomic E-state index is 5.28. The van der Waals surface area contributed by atoms with Gasteiger partial charge in [0.05, 0.1) is 18.3 Å². The van der Waals surface area contributed by atoms with E-state index in [9.17, 15) is 0 Å².